The van der Waals surface area contributed by atoms with E-state index in [2.05, 4.69) is 20.3 Å². The summed E-state index contributed by atoms with van der Waals surface area (Å²) in [7, 11) is 0. The van der Waals surface area contributed by atoms with E-state index in [0.717, 1.165) is 13.1 Å². The SMILES string of the molecule is Cc1cc(C(=O)N2CCNCC2C)nc2[nH]c(=O)[nH]c(=O)c12.Cl.Cl. The molecule has 2 aromatic rings. The van der Waals surface area contributed by atoms with Gasteiger partial charge in [-0.05, 0) is 25.5 Å². The first kappa shape index (κ1) is 20.1. The minimum atomic E-state index is -0.635. The number of fused-ring (bicyclic) bond motifs is 1. The van der Waals surface area contributed by atoms with Crippen LogP contribution >= 0.6 is 24.8 Å². The minimum absolute atomic E-state index is 0. The van der Waals surface area contributed by atoms with Gasteiger partial charge in [0.2, 0.25) is 0 Å². The summed E-state index contributed by atoms with van der Waals surface area (Å²) in [5.74, 6) is -0.194. The van der Waals surface area contributed by atoms with E-state index < -0.39 is 11.2 Å². The molecule has 3 N–H and O–H groups in total. The lowest BCUT2D eigenvalue weighted by Crippen LogP contribution is -2.52. The Labute approximate surface area is 149 Å². The first-order valence-electron chi connectivity index (χ1n) is 7.13. The van der Waals surface area contributed by atoms with Crippen LogP contribution in [0.4, 0.5) is 0 Å². The Balaban J connectivity index is 0.00000144. The van der Waals surface area contributed by atoms with E-state index in [4.69, 9.17) is 0 Å². The lowest BCUT2D eigenvalue weighted by atomic mass is 10.1. The second-order valence-corrected chi connectivity index (χ2v) is 5.51. The fraction of sp³-hybridized carbons (Fsp3) is 0.429. The molecule has 3 heterocycles. The molecule has 1 amide bonds. The summed E-state index contributed by atoms with van der Waals surface area (Å²) < 4.78 is 0. The molecule has 0 aliphatic carbocycles. The average molecular weight is 376 g/mol. The predicted octanol–water partition coefficient (Wildman–Crippen LogP) is 0.197. The molecule has 1 atom stereocenters. The largest absolute Gasteiger partial charge is 0.332 e. The molecule has 3 rings (SSSR count). The van der Waals surface area contributed by atoms with E-state index in [-0.39, 0.29) is 48.1 Å². The first-order valence-corrected chi connectivity index (χ1v) is 7.13. The molecule has 132 valence electrons. The normalized spacial score (nSPS) is 17.1. The van der Waals surface area contributed by atoms with Crippen LogP contribution < -0.4 is 16.6 Å². The molecule has 1 aliphatic rings. The Morgan fingerprint density at radius 1 is 1.29 bits per heavy atom. The molecule has 1 saturated heterocycles. The predicted molar refractivity (Wildman–Crippen MR) is 95.6 cm³/mol. The van der Waals surface area contributed by atoms with Crippen LogP contribution in [0.2, 0.25) is 0 Å². The van der Waals surface area contributed by atoms with Gasteiger partial charge in [-0.1, -0.05) is 0 Å². The maximum atomic E-state index is 12.6. The summed E-state index contributed by atoms with van der Waals surface area (Å²) in [6, 6.07) is 1.66. The number of halogens is 2. The van der Waals surface area contributed by atoms with Gasteiger partial charge in [0.05, 0.1) is 5.39 Å². The number of nitrogens with one attached hydrogen (secondary N) is 3. The fourth-order valence-corrected chi connectivity index (χ4v) is 2.75. The Hall–Kier alpha value is -1.90. The van der Waals surface area contributed by atoms with Crippen LogP contribution in [0, 0.1) is 6.92 Å². The number of aromatic nitrogens is 3. The molecule has 24 heavy (non-hydrogen) atoms. The average Bonchev–Trinajstić information content (AvgIpc) is 2.45. The van der Waals surface area contributed by atoms with Crippen molar-refractivity contribution in [2.24, 2.45) is 0 Å². The summed E-state index contributed by atoms with van der Waals surface area (Å²) in [5, 5.41) is 3.52. The second-order valence-electron chi connectivity index (χ2n) is 5.51. The summed E-state index contributed by atoms with van der Waals surface area (Å²) in [6.45, 7) is 5.75. The van der Waals surface area contributed by atoms with Gasteiger partial charge >= 0.3 is 5.69 Å². The summed E-state index contributed by atoms with van der Waals surface area (Å²) in [5.41, 5.74) is -0.156. The molecular weight excluding hydrogens is 357 g/mol. The van der Waals surface area contributed by atoms with Crippen LogP contribution in [0.25, 0.3) is 11.0 Å². The van der Waals surface area contributed by atoms with Crippen LogP contribution in [0.1, 0.15) is 23.0 Å². The van der Waals surface area contributed by atoms with E-state index in [0.29, 0.717) is 17.5 Å². The van der Waals surface area contributed by atoms with E-state index >= 15 is 0 Å². The molecular formula is C14H19Cl2N5O3. The monoisotopic (exact) mass is 375 g/mol. The third-order valence-corrected chi connectivity index (χ3v) is 3.88. The van der Waals surface area contributed by atoms with Crippen LogP contribution in [0.5, 0.6) is 0 Å². The number of amides is 1. The Kier molecular flexibility index (Phi) is 6.53. The van der Waals surface area contributed by atoms with Gasteiger partial charge in [-0.2, -0.15) is 0 Å². The summed E-state index contributed by atoms with van der Waals surface area (Å²) in [6.07, 6.45) is 0. The molecule has 2 aromatic heterocycles. The lowest BCUT2D eigenvalue weighted by molar-refractivity contribution is 0.0650. The molecule has 1 aliphatic heterocycles. The van der Waals surface area contributed by atoms with Crippen molar-refractivity contribution < 1.29 is 4.79 Å². The van der Waals surface area contributed by atoms with E-state index in [1.807, 2.05) is 6.92 Å². The molecule has 1 unspecified atom stereocenters. The summed E-state index contributed by atoms with van der Waals surface area (Å²) in [4.78, 5) is 46.4. The van der Waals surface area contributed by atoms with E-state index in [1.165, 1.54) is 0 Å². The van der Waals surface area contributed by atoms with Crippen LogP contribution in [0.15, 0.2) is 15.7 Å². The zero-order valence-corrected chi connectivity index (χ0v) is 14.8. The standard InChI is InChI=1S/C14H17N5O3.2ClH/c1-7-5-9(13(21)19-4-3-15-6-8(19)2)16-11-10(7)12(20)18-14(22)17-11;;/h5,8,15H,3-4,6H2,1-2H3,(H2,16,17,18,20,22);2*1H. The number of pyridine rings is 1. The Bertz CT molecular complexity index is 864. The van der Waals surface area contributed by atoms with Gasteiger partial charge in [-0.15, -0.1) is 24.8 Å². The van der Waals surface area contributed by atoms with Gasteiger partial charge in [0.1, 0.15) is 11.3 Å². The highest BCUT2D eigenvalue weighted by Gasteiger charge is 2.25. The lowest BCUT2D eigenvalue weighted by Gasteiger charge is -2.33. The molecule has 0 radical (unpaired) electrons. The highest BCUT2D eigenvalue weighted by Crippen LogP contribution is 2.14. The highest BCUT2D eigenvalue weighted by molar-refractivity contribution is 5.95. The number of carbonyl (C=O) groups excluding carboxylic acids is 1. The van der Waals surface area contributed by atoms with Gasteiger partial charge in [0.25, 0.3) is 11.5 Å². The molecule has 0 bridgehead atoms. The number of aryl methyl sites for hydroxylation is 1. The number of hydrogen-bond donors (Lipinski definition) is 3. The molecule has 8 nitrogen and oxygen atoms in total. The van der Waals surface area contributed by atoms with Gasteiger partial charge in [-0.3, -0.25) is 19.6 Å². The van der Waals surface area contributed by atoms with Crippen molar-refractivity contribution in [3.8, 4) is 0 Å². The minimum Gasteiger partial charge on any atom is -0.332 e. The van der Waals surface area contributed by atoms with Gasteiger partial charge in [0, 0.05) is 25.7 Å². The zero-order chi connectivity index (χ0) is 15.9. The Morgan fingerprint density at radius 3 is 2.67 bits per heavy atom. The van der Waals surface area contributed by atoms with Crippen molar-refractivity contribution in [3.63, 3.8) is 0 Å². The van der Waals surface area contributed by atoms with Crippen molar-refractivity contribution in [1.29, 1.82) is 0 Å². The molecule has 10 heteroatoms. The van der Waals surface area contributed by atoms with Crippen LogP contribution in [-0.4, -0.2) is 51.4 Å². The maximum absolute atomic E-state index is 12.6. The van der Waals surface area contributed by atoms with Gasteiger partial charge in [0.15, 0.2) is 0 Å². The van der Waals surface area contributed by atoms with E-state index in [9.17, 15) is 14.4 Å². The van der Waals surface area contributed by atoms with Gasteiger partial charge in [-0.25, -0.2) is 9.78 Å². The van der Waals surface area contributed by atoms with Crippen molar-refractivity contribution in [1.82, 2.24) is 25.2 Å². The van der Waals surface area contributed by atoms with Crippen molar-refractivity contribution in [2.75, 3.05) is 19.6 Å². The van der Waals surface area contributed by atoms with E-state index in [1.54, 1.807) is 17.9 Å². The summed E-state index contributed by atoms with van der Waals surface area (Å²) >= 11 is 0. The molecule has 0 saturated carbocycles. The Morgan fingerprint density at radius 2 is 2.00 bits per heavy atom. The van der Waals surface area contributed by atoms with Crippen LogP contribution in [-0.2, 0) is 0 Å². The molecule has 0 spiro atoms. The number of rotatable bonds is 1. The third kappa shape index (κ3) is 3.61. The maximum Gasteiger partial charge on any atom is 0.327 e. The van der Waals surface area contributed by atoms with Crippen LogP contribution in [0.3, 0.4) is 0 Å². The van der Waals surface area contributed by atoms with Crippen molar-refractivity contribution >= 4 is 41.8 Å². The number of H-pyrrole nitrogens is 2. The smallest absolute Gasteiger partial charge is 0.327 e. The molecule has 1 fully saturated rings. The number of carbonyl (C=O) groups is 1. The quantitative estimate of drug-likeness (QED) is 0.659. The number of piperazine rings is 1. The number of aromatic amines is 2. The zero-order valence-electron chi connectivity index (χ0n) is 13.2. The second kappa shape index (κ2) is 7.78. The number of nitrogens with zero attached hydrogens (tertiary/aromatic N) is 2. The third-order valence-electron chi connectivity index (χ3n) is 3.88. The van der Waals surface area contributed by atoms with Gasteiger partial charge < -0.3 is 10.2 Å². The van der Waals surface area contributed by atoms with Crippen molar-refractivity contribution in [3.05, 3.63) is 38.2 Å². The molecule has 0 aromatic carbocycles. The first-order chi connectivity index (χ1) is 10.5. The number of hydrogen-bond acceptors (Lipinski definition) is 5. The topological polar surface area (TPSA) is 111 Å². The van der Waals surface area contributed by atoms with Crippen molar-refractivity contribution in [2.45, 2.75) is 19.9 Å². The fourth-order valence-electron chi connectivity index (χ4n) is 2.75. The highest BCUT2D eigenvalue weighted by atomic mass is 35.5.